The maximum absolute atomic E-state index is 11.1. The number of imide groups is 1. The van der Waals surface area contributed by atoms with Crippen LogP contribution in [0.1, 0.15) is 0 Å². The lowest BCUT2D eigenvalue weighted by Gasteiger charge is -2.27. The largest absolute Gasteiger partial charge is 0.394 e. The second-order valence-electron chi connectivity index (χ2n) is 3.66. The van der Waals surface area contributed by atoms with Crippen molar-refractivity contribution < 1.29 is 35.1 Å². The highest BCUT2D eigenvalue weighted by molar-refractivity contribution is 6.04. The average molecular weight is 250 g/mol. The van der Waals surface area contributed by atoms with Crippen molar-refractivity contribution in [2.45, 2.75) is 30.5 Å². The number of carbonyl (C=O) groups excluding carboxylic acids is 2. The third kappa shape index (κ3) is 2.90. The van der Waals surface area contributed by atoms with E-state index in [4.69, 9.17) is 10.2 Å². The summed E-state index contributed by atoms with van der Waals surface area (Å²) in [6.07, 6.45) is -7.22. The van der Waals surface area contributed by atoms with Crippen LogP contribution in [0, 0.1) is 0 Å². The van der Waals surface area contributed by atoms with Crippen LogP contribution in [0.5, 0.6) is 0 Å². The molecule has 0 radical (unpaired) electrons. The molecule has 1 fully saturated rings. The van der Waals surface area contributed by atoms with E-state index in [1.807, 2.05) is 10.6 Å². The van der Waals surface area contributed by atoms with E-state index < -0.39 is 49.0 Å². The Labute approximate surface area is 95.7 Å². The van der Waals surface area contributed by atoms with Crippen LogP contribution in [0.15, 0.2) is 0 Å². The second-order valence-corrected chi connectivity index (χ2v) is 3.66. The zero-order chi connectivity index (χ0) is 13.2. The van der Waals surface area contributed by atoms with Gasteiger partial charge in [-0.05, 0) is 0 Å². The molecular formula is C8H14N2O7. The summed E-state index contributed by atoms with van der Waals surface area (Å²) in [6.45, 7) is -0.825. The number of aliphatic hydroxyl groups is 5. The molecule has 1 heterocycles. The lowest BCUT2D eigenvalue weighted by molar-refractivity contribution is -0.136. The van der Waals surface area contributed by atoms with Gasteiger partial charge in [-0.2, -0.15) is 0 Å². The standard InChI is InChI=1S/C8H14N2O7/c11-1-2(12)4(13)6(15)5(14)3-7(16)10-8(17)9-3/h2-6,11-15H,1H2,(H2,9,10,16,17)/t2-,3+,4-,5+,6+/m1/s1. The predicted molar refractivity (Wildman–Crippen MR) is 51.6 cm³/mol. The van der Waals surface area contributed by atoms with Crippen LogP contribution in [-0.4, -0.2) is 74.5 Å². The highest BCUT2D eigenvalue weighted by atomic mass is 16.4. The molecule has 17 heavy (non-hydrogen) atoms. The topological polar surface area (TPSA) is 159 Å². The number of hydrogen-bond acceptors (Lipinski definition) is 7. The molecule has 1 aliphatic heterocycles. The van der Waals surface area contributed by atoms with Gasteiger partial charge >= 0.3 is 6.03 Å². The molecular weight excluding hydrogens is 236 g/mol. The van der Waals surface area contributed by atoms with Crippen LogP contribution in [0.4, 0.5) is 4.79 Å². The maximum Gasteiger partial charge on any atom is 0.322 e. The van der Waals surface area contributed by atoms with Crippen LogP contribution in [0.3, 0.4) is 0 Å². The van der Waals surface area contributed by atoms with E-state index in [1.54, 1.807) is 0 Å². The molecule has 0 bridgehead atoms. The zero-order valence-corrected chi connectivity index (χ0v) is 8.65. The number of amides is 3. The Balaban J connectivity index is 2.66. The van der Waals surface area contributed by atoms with E-state index in [0.717, 1.165) is 0 Å². The van der Waals surface area contributed by atoms with Gasteiger partial charge in [-0.15, -0.1) is 0 Å². The molecule has 0 unspecified atom stereocenters. The van der Waals surface area contributed by atoms with Crippen molar-refractivity contribution in [2.75, 3.05) is 6.61 Å². The van der Waals surface area contributed by atoms with Gasteiger partial charge in [0.05, 0.1) is 6.61 Å². The van der Waals surface area contributed by atoms with E-state index in [-0.39, 0.29) is 0 Å². The van der Waals surface area contributed by atoms with Gasteiger partial charge in [-0.1, -0.05) is 0 Å². The fourth-order valence-corrected chi connectivity index (χ4v) is 1.41. The smallest absolute Gasteiger partial charge is 0.322 e. The summed E-state index contributed by atoms with van der Waals surface area (Å²) in [4.78, 5) is 21.9. The first-order chi connectivity index (χ1) is 7.88. The molecule has 0 aromatic heterocycles. The van der Waals surface area contributed by atoms with Crippen molar-refractivity contribution >= 4 is 11.9 Å². The molecule has 1 aliphatic rings. The Hall–Kier alpha value is -1.26. The summed E-state index contributed by atoms with van der Waals surface area (Å²) in [7, 11) is 0. The van der Waals surface area contributed by atoms with Crippen LogP contribution in [-0.2, 0) is 4.79 Å². The monoisotopic (exact) mass is 250 g/mol. The van der Waals surface area contributed by atoms with Gasteiger partial charge in [0.1, 0.15) is 30.5 Å². The highest BCUT2D eigenvalue weighted by Crippen LogP contribution is 2.10. The summed E-state index contributed by atoms with van der Waals surface area (Å²) in [5.41, 5.74) is 0. The highest BCUT2D eigenvalue weighted by Gasteiger charge is 2.42. The number of hydrogen-bond donors (Lipinski definition) is 7. The molecule has 0 saturated carbocycles. The van der Waals surface area contributed by atoms with Crippen molar-refractivity contribution in [3.63, 3.8) is 0 Å². The van der Waals surface area contributed by atoms with Gasteiger partial charge < -0.3 is 30.8 Å². The fraction of sp³-hybridized carbons (Fsp3) is 0.750. The third-order valence-electron chi connectivity index (χ3n) is 2.43. The van der Waals surface area contributed by atoms with Gasteiger partial charge in [0.15, 0.2) is 0 Å². The molecule has 1 saturated heterocycles. The molecule has 9 nitrogen and oxygen atoms in total. The minimum Gasteiger partial charge on any atom is -0.394 e. The molecule has 3 amide bonds. The normalized spacial score (nSPS) is 27.0. The van der Waals surface area contributed by atoms with Crippen molar-refractivity contribution in [3.05, 3.63) is 0 Å². The summed E-state index contributed by atoms with van der Waals surface area (Å²) < 4.78 is 0. The summed E-state index contributed by atoms with van der Waals surface area (Å²) in [5, 5.41) is 49.8. The Bertz CT molecular complexity index is 310. The molecule has 98 valence electrons. The molecule has 0 aromatic carbocycles. The molecule has 1 rings (SSSR count). The van der Waals surface area contributed by atoms with Crippen molar-refractivity contribution in [1.82, 2.24) is 10.6 Å². The van der Waals surface area contributed by atoms with Crippen molar-refractivity contribution in [2.24, 2.45) is 0 Å². The molecule has 0 aliphatic carbocycles. The number of aliphatic hydroxyl groups excluding tert-OH is 5. The summed E-state index contributed by atoms with van der Waals surface area (Å²) in [6, 6.07) is -2.25. The predicted octanol–water partition coefficient (Wildman–Crippen LogP) is -4.37. The van der Waals surface area contributed by atoms with Gasteiger partial charge in [0.25, 0.3) is 5.91 Å². The van der Waals surface area contributed by atoms with E-state index in [1.165, 1.54) is 0 Å². The molecule has 0 aromatic rings. The SMILES string of the molecule is O=C1NC(=O)[C@H]([C@H](O)[C@@H](O)[C@H](O)[C@H](O)CO)N1. The quantitative estimate of drug-likeness (QED) is 0.243. The molecule has 0 spiro atoms. The zero-order valence-electron chi connectivity index (χ0n) is 8.65. The van der Waals surface area contributed by atoms with Gasteiger partial charge in [0.2, 0.25) is 0 Å². The van der Waals surface area contributed by atoms with E-state index in [2.05, 4.69) is 0 Å². The number of carbonyl (C=O) groups is 2. The molecule has 9 heteroatoms. The van der Waals surface area contributed by atoms with Gasteiger partial charge in [-0.3, -0.25) is 10.1 Å². The minimum atomic E-state index is -1.90. The number of rotatable bonds is 5. The molecule has 7 N–H and O–H groups in total. The van der Waals surface area contributed by atoms with Gasteiger partial charge in [0, 0.05) is 0 Å². The fourth-order valence-electron chi connectivity index (χ4n) is 1.41. The van der Waals surface area contributed by atoms with Gasteiger partial charge in [-0.25, -0.2) is 4.79 Å². The third-order valence-corrected chi connectivity index (χ3v) is 2.43. The van der Waals surface area contributed by atoms with E-state index >= 15 is 0 Å². The lowest BCUT2D eigenvalue weighted by atomic mass is 9.98. The van der Waals surface area contributed by atoms with Crippen LogP contribution in [0.25, 0.3) is 0 Å². The second kappa shape index (κ2) is 5.38. The Morgan fingerprint density at radius 2 is 1.71 bits per heavy atom. The molecule has 5 atom stereocenters. The first-order valence-electron chi connectivity index (χ1n) is 4.83. The van der Waals surface area contributed by atoms with Crippen LogP contribution < -0.4 is 10.6 Å². The maximum atomic E-state index is 11.1. The van der Waals surface area contributed by atoms with E-state index in [9.17, 15) is 24.9 Å². The lowest BCUT2D eigenvalue weighted by Crippen LogP contribution is -2.54. The van der Waals surface area contributed by atoms with Crippen LogP contribution in [0.2, 0.25) is 0 Å². The Kier molecular flexibility index (Phi) is 4.37. The first kappa shape index (κ1) is 13.8. The van der Waals surface area contributed by atoms with Crippen molar-refractivity contribution in [3.8, 4) is 0 Å². The summed E-state index contributed by atoms with van der Waals surface area (Å²) in [5.74, 6) is -0.854. The number of nitrogens with one attached hydrogen (secondary N) is 2. The summed E-state index contributed by atoms with van der Waals surface area (Å²) >= 11 is 0. The van der Waals surface area contributed by atoms with E-state index in [0.29, 0.717) is 0 Å². The number of urea groups is 1. The van der Waals surface area contributed by atoms with Crippen LogP contribution >= 0.6 is 0 Å². The van der Waals surface area contributed by atoms with Crippen molar-refractivity contribution in [1.29, 1.82) is 0 Å². The minimum absolute atomic E-state index is 0.825. The Morgan fingerprint density at radius 1 is 1.12 bits per heavy atom. The average Bonchev–Trinajstić information content (AvgIpc) is 2.64. The Morgan fingerprint density at radius 3 is 2.12 bits per heavy atom. The first-order valence-corrected chi connectivity index (χ1v) is 4.83.